The summed E-state index contributed by atoms with van der Waals surface area (Å²) in [5.74, 6) is 0.637. The second kappa shape index (κ2) is 17.9. The van der Waals surface area contributed by atoms with Gasteiger partial charge in [-0.3, -0.25) is 14.6 Å². The summed E-state index contributed by atoms with van der Waals surface area (Å²) in [5.41, 5.74) is 8.14. The van der Waals surface area contributed by atoms with Gasteiger partial charge >= 0.3 is 0 Å². The molecule has 2 amide bonds. The lowest BCUT2D eigenvalue weighted by atomic mass is 9.90. The van der Waals surface area contributed by atoms with Crippen LogP contribution < -0.4 is 21.7 Å². The number of amides is 2. The zero-order valence-corrected chi connectivity index (χ0v) is 24.7. The van der Waals surface area contributed by atoms with E-state index in [4.69, 9.17) is 5.73 Å². The number of benzene rings is 2. The van der Waals surface area contributed by atoms with E-state index in [1.807, 2.05) is 48.2 Å². The zero-order chi connectivity index (χ0) is 29.3. The number of nitrogens with two attached hydrogens (primary N) is 1. The van der Waals surface area contributed by atoms with E-state index in [2.05, 4.69) is 57.4 Å². The summed E-state index contributed by atoms with van der Waals surface area (Å²) in [6.45, 7) is 4.40. The predicted molar refractivity (Wildman–Crippen MR) is 168 cm³/mol. The third kappa shape index (κ3) is 11.0. The Balaban J connectivity index is 0.00000106. The molecule has 8 heteroatoms. The number of allylic oxidation sites excluding steroid dienone is 2. The van der Waals surface area contributed by atoms with Gasteiger partial charge in [0.15, 0.2) is 5.96 Å². The van der Waals surface area contributed by atoms with Gasteiger partial charge in [0.1, 0.15) is 0 Å². The highest BCUT2D eigenvalue weighted by Gasteiger charge is 2.32. The van der Waals surface area contributed by atoms with Gasteiger partial charge in [0.05, 0.1) is 6.04 Å². The smallest absolute Gasteiger partial charge is 0.239 e. The first kappa shape index (κ1) is 31.9. The minimum atomic E-state index is -0.329. The molecule has 222 valence electrons. The van der Waals surface area contributed by atoms with Crippen LogP contribution in [0.1, 0.15) is 68.9 Å². The number of hydrogen-bond acceptors (Lipinski definition) is 4. The molecule has 1 aliphatic heterocycles. The van der Waals surface area contributed by atoms with Gasteiger partial charge in [-0.1, -0.05) is 79.7 Å². The maximum atomic E-state index is 13.8. The molecule has 8 nitrogen and oxygen atoms in total. The molecule has 0 saturated carbocycles. The van der Waals surface area contributed by atoms with Gasteiger partial charge in [0, 0.05) is 51.6 Å². The molecule has 1 saturated heterocycles. The summed E-state index contributed by atoms with van der Waals surface area (Å²) < 4.78 is 0. The van der Waals surface area contributed by atoms with Crippen LogP contribution in [0.25, 0.3) is 0 Å². The summed E-state index contributed by atoms with van der Waals surface area (Å²) >= 11 is 0. The van der Waals surface area contributed by atoms with Crippen molar-refractivity contribution in [2.24, 2.45) is 10.7 Å². The van der Waals surface area contributed by atoms with Crippen LogP contribution in [0, 0.1) is 0 Å². The van der Waals surface area contributed by atoms with Crippen molar-refractivity contribution in [1.82, 2.24) is 20.9 Å². The number of hydrogen-bond donors (Lipinski definition) is 4. The molecule has 5 N–H and O–H groups in total. The van der Waals surface area contributed by atoms with Crippen molar-refractivity contribution in [1.29, 1.82) is 0 Å². The fourth-order valence-electron chi connectivity index (χ4n) is 4.95. The molecule has 2 unspecified atom stereocenters. The van der Waals surface area contributed by atoms with Gasteiger partial charge in [-0.05, 0) is 49.7 Å². The van der Waals surface area contributed by atoms with E-state index >= 15 is 0 Å². The Morgan fingerprint density at radius 1 is 1.05 bits per heavy atom. The van der Waals surface area contributed by atoms with Gasteiger partial charge in [0.25, 0.3) is 0 Å². The number of carbonyl (C=O) groups is 2. The van der Waals surface area contributed by atoms with E-state index in [1.165, 1.54) is 24.0 Å². The first-order valence-corrected chi connectivity index (χ1v) is 15.0. The Hall–Kier alpha value is -3.65. The van der Waals surface area contributed by atoms with Gasteiger partial charge in [0.2, 0.25) is 11.8 Å². The summed E-state index contributed by atoms with van der Waals surface area (Å²) in [5, 5.41) is 9.66. The summed E-state index contributed by atoms with van der Waals surface area (Å²) in [4.78, 5) is 31.8. The van der Waals surface area contributed by atoms with Gasteiger partial charge < -0.3 is 26.6 Å². The summed E-state index contributed by atoms with van der Waals surface area (Å²) in [6, 6.07) is 20.5. The topological polar surface area (TPSA) is 112 Å². The van der Waals surface area contributed by atoms with Crippen LogP contribution in [0.15, 0.2) is 77.8 Å². The highest BCUT2D eigenvalue weighted by Crippen LogP contribution is 2.27. The number of guanidine groups is 1. The van der Waals surface area contributed by atoms with Gasteiger partial charge in [-0.25, -0.2) is 0 Å². The van der Waals surface area contributed by atoms with Crippen molar-refractivity contribution in [2.75, 3.05) is 33.2 Å². The van der Waals surface area contributed by atoms with Crippen LogP contribution in [-0.2, 0) is 9.59 Å². The molecule has 4 rings (SSSR count). The second-order valence-electron chi connectivity index (χ2n) is 10.6. The lowest BCUT2D eigenvalue weighted by Gasteiger charge is -2.29. The first-order chi connectivity index (χ1) is 20.0. The first-order valence-electron chi connectivity index (χ1n) is 15.0. The third-order valence-corrected chi connectivity index (χ3v) is 7.51. The largest absolute Gasteiger partial charge is 0.370 e. The lowest BCUT2D eigenvalue weighted by molar-refractivity contribution is -0.133. The normalized spacial score (nSPS) is 18.7. The van der Waals surface area contributed by atoms with E-state index in [-0.39, 0.29) is 29.8 Å². The van der Waals surface area contributed by atoms with Gasteiger partial charge in [-0.2, -0.15) is 0 Å². The van der Waals surface area contributed by atoms with E-state index in [0.717, 1.165) is 19.3 Å². The molecule has 2 atom stereocenters. The Labute approximate surface area is 245 Å². The minimum absolute atomic E-state index is 0.0295. The van der Waals surface area contributed by atoms with Crippen LogP contribution in [-0.4, -0.2) is 68.0 Å². The second-order valence-corrected chi connectivity index (χ2v) is 10.6. The van der Waals surface area contributed by atoms with Gasteiger partial charge in [-0.15, -0.1) is 0 Å². The van der Waals surface area contributed by atoms with E-state index in [9.17, 15) is 9.59 Å². The zero-order valence-electron chi connectivity index (χ0n) is 24.7. The molecule has 0 bridgehead atoms. The monoisotopic (exact) mass is 560 g/mol. The number of nitrogens with one attached hydrogen (secondary N) is 3. The highest BCUT2D eigenvalue weighted by atomic mass is 16.2. The van der Waals surface area contributed by atoms with Crippen LogP contribution in [0.3, 0.4) is 0 Å². The SMILES string of the molecule is C1=CCC1.CCCC(=O)NCC1CCN(CC(c2ccccc2)c2ccccc2)C(=O)C(CCCNC(N)=NC)N1. The van der Waals surface area contributed by atoms with Crippen LogP contribution in [0.2, 0.25) is 0 Å². The van der Waals surface area contributed by atoms with Crippen molar-refractivity contribution in [3.8, 4) is 0 Å². The van der Waals surface area contributed by atoms with E-state index in [0.29, 0.717) is 45.0 Å². The summed E-state index contributed by atoms with van der Waals surface area (Å²) in [7, 11) is 1.64. The Morgan fingerprint density at radius 3 is 2.20 bits per heavy atom. The molecule has 2 aromatic rings. The Morgan fingerprint density at radius 2 is 1.66 bits per heavy atom. The number of nitrogens with zero attached hydrogens (tertiary/aromatic N) is 2. The fourth-order valence-corrected chi connectivity index (χ4v) is 4.95. The Bertz CT molecular complexity index is 1060. The summed E-state index contributed by atoms with van der Waals surface area (Å²) in [6.07, 6.45) is 10.5. The molecule has 0 aromatic heterocycles. The lowest BCUT2D eigenvalue weighted by Crippen LogP contribution is -2.49. The minimum Gasteiger partial charge on any atom is -0.370 e. The molecule has 2 aliphatic rings. The average Bonchev–Trinajstić information content (AvgIpc) is 3.11. The maximum absolute atomic E-state index is 13.8. The maximum Gasteiger partial charge on any atom is 0.239 e. The Kier molecular flexibility index (Phi) is 13.9. The number of aliphatic imine (C=N–C) groups is 1. The standard InChI is InChI=1S/C29H42N6O2.C4H6/c1-3-11-27(36)33-20-24-17-19-35(28(37)26(34-24)16-10-18-32-29(30)31-2)21-25(22-12-6-4-7-13-22)23-14-8-5-9-15-23;1-2-4-3-1/h4-9,12-15,24-26,34H,3,10-11,16-21H2,1-2H3,(H,33,36)(H3,30,31,32);1-2H,3-4H2. The fraction of sp³-hybridized carbons (Fsp3) is 0.485. The highest BCUT2D eigenvalue weighted by molar-refractivity contribution is 5.82. The molecule has 1 aliphatic carbocycles. The molecule has 1 fully saturated rings. The predicted octanol–water partition coefficient (Wildman–Crippen LogP) is 3.94. The van der Waals surface area contributed by atoms with Crippen LogP contribution in [0.5, 0.6) is 0 Å². The van der Waals surface area contributed by atoms with Crippen molar-refractivity contribution in [3.63, 3.8) is 0 Å². The quantitative estimate of drug-likeness (QED) is 0.136. The molecule has 41 heavy (non-hydrogen) atoms. The molecular weight excluding hydrogens is 512 g/mol. The third-order valence-electron chi connectivity index (χ3n) is 7.51. The van der Waals surface area contributed by atoms with Crippen molar-refractivity contribution < 1.29 is 9.59 Å². The molecule has 1 heterocycles. The van der Waals surface area contributed by atoms with Crippen molar-refractivity contribution in [3.05, 3.63) is 83.9 Å². The van der Waals surface area contributed by atoms with Crippen LogP contribution >= 0.6 is 0 Å². The average molecular weight is 561 g/mol. The van der Waals surface area contributed by atoms with Crippen LogP contribution in [0.4, 0.5) is 0 Å². The molecule has 0 radical (unpaired) electrons. The van der Waals surface area contributed by atoms with E-state index < -0.39 is 0 Å². The molecule has 2 aromatic carbocycles. The number of carbonyl (C=O) groups excluding carboxylic acids is 2. The number of rotatable bonds is 12. The molecular formula is C33H48N6O2. The van der Waals surface area contributed by atoms with E-state index in [1.54, 1.807) is 7.05 Å². The van der Waals surface area contributed by atoms with Crippen molar-refractivity contribution >= 4 is 17.8 Å². The van der Waals surface area contributed by atoms with Crippen molar-refractivity contribution in [2.45, 2.75) is 69.9 Å². The molecule has 0 spiro atoms.